The Morgan fingerprint density at radius 2 is 1.94 bits per heavy atom. The summed E-state index contributed by atoms with van der Waals surface area (Å²) >= 11 is 4.79. The number of carbonyl (C=O) groups excluding carboxylic acids is 1. The fourth-order valence-corrected chi connectivity index (χ4v) is 1.24. The molecule has 1 aromatic rings. The van der Waals surface area contributed by atoms with Crippen molar-refractivity contribution >= 4 is 23.2 Å². The second-order valence-electron chi connectivity index (χ2n) is 3.22. The van der Waals surface area contributed by atoms with Gasteiger partial charge in [0.1, 0.15) is 0 Å². The zero-order valence-corrected chi connectivity index (χ0v) is 10.1. The van der Waals surface area contributed by atoms with Gasteiger partial charge < -0.3 is 9.47 Å². The van der Waals surface area contributed by atoms with Gasteiger partial charge in [0.25, 0.3) is 0 Å². The highest BCUT2D eigenvalue weighted by molar-refractivity contribution is 7.80. The molecular weight excluding hydrogens is 224 g/mol. The van der Waals surface area contributed by atoms with E-state index in [4.69, 9.17) is 21.7 Å². The summed E-state index contributed by atoms with van der Waals surface area (Å²) in [5.41, 5.74) is 0.506. The molecule has 0 fully saturated rings. The number of benzene rings is 1. The molecule has 0 aliphatic rings. The van der Waals surface area contributed by atoms with Crippen molar-refractivity contribution in [1.82, 2.24) is 0 Å². The van der Waals surface area contributed by atoms with E-state index in [-0.39, 0.29) is 0 Å². The fraction of sp³-hybridized carbons (Fsp3) is 0.333. The molecule has 0 radical (unpaired) electrons. The van der Waals surface area contributed by atoms with Crippen LogP contribution in [-0.2, 0) is 9.47 Å². The minimum atomic E-state index is -0.606. The molecule has 0 aliphatic carbocycles. The maximum atomic E-state index is 11.6. The van der Waals surface area contributed by atoms with Crippen molar-refractivity contribution in [3.63, 3.8) is 0 Å². The average molecular weight is 238 g/mol. The van der Waals surface area contributed by atoms with Crippen LogP contribution >= 0.6 is 12.2 Å². The van der Waals surface area contributed by atoms with Gasteiger partial charge in [-0.3, -0.25) is 0 Å². The van der Waals surface area contributed by atoms with Crippen LogP contribution in [0.2, 0.25) is 0 Å². The monoisotopic (exact) mass is 238 g/mol. The van der Waals surface area contributed by atoms with E-state index >= 15 is 0 Å². The molecule has 1 unspecified atom stereocenters. The second-order valence-corrected chi connectivity index (χ2v) is 3.79. The van der Waals surface area contributed by atoms with Crippen LogP contribution in [0, 0.1) is 0 Å². The highest BCUT2D eigenvalue weighted by Crippen LogP contribution is 2.07. The van der Waals surface area contributed by atoms with E-state index in [1.807, 2.05) is 13.0 Å². The molecule has 0 amide bonds. The van der Waals surface area contributed by atoms with E-state index < -0.39 is 12.3 Å². The molecule has 0 N–H and O–H groups in total. The van der Waals surface area contributed by atoms with Gasteiger partial charge in [0.05, 0.1) is 5.56 Å². The quantitative estimate of drug-likeness (QED) is 0.459. The molecule has 0 saturated carbocycles. The van der Waals surface area contributed by atoms with Gasteiger partial charge in [-0.1, -0.05) is 25.1 Å². The zero-order chi connectivity index (χ0) is 12.0. The maximum absolute atomic E-state index is 11.6. The molecule has 0 spiro atoms. The van der Waals surface area contributed by atoms with E-state index in [9.17, 15) is 4.79 Å². The average Bonchev–Trinajstić information content (AvgIpc) is 2.28. The first-order valence-corrected chi connectivity index (χ1v) is 5.47. The SMILES string of the molecule is CCC(OC(=O)c1ccccc1)OC(C)=S. The minimum absolute atomic E-state index is 0.368. The molecular formula is C12H14O3S. The molecule has 1 rings (SSSR count). The summed E-state index contributed by atoms with van der Waals surface area (Å²) < 4.78 is 10.3. The van der Waals surface area contributed by atoms with Crippen LogP contribution in [0.5, 0.6) is 0 Å². The largest absolute Gasteiger partial charge is 0.449 e. The number of hydrogen-bond acceptors (Lipinski definition) is 4. The molecule has 16 heavy (non-hydrogen) atoms. The Labute approximate surface area is 100 Å². The van der Waals surface area contributed by atoms with Crippen LogP contribution in [-0.4, -0.2) is 17.3 Å². The van der Waals surface area contributed by atoms with Gasteiger partial charge in [0.15, 0.2) is 5.05 Å². The lowest BCUT2D eigenvalue weighted by Crippen LogP contribution is -2.22. The van der Waals surface area contributed by atoms with Crippen LogP contribution in [0.1, 0.15) is 30.6 Å². The van der Waals surface area contributed by atoms with E-state index in [1.54, 1.807) is 31.2 Å². The first-order chi connectivity index (χ1) is 7.63. The summed E-state index contributed by atoms with van der Waals surface area (Å²) in [4.78, 5) is 11.6. The first kappa shape index (κ1) is 12.6. The predicted octanol–water partition coefficient (Wildman–Crippen LogP) is 2.94. The summed E-state index contributed by atoms with van der Waals surface area (Å²) in [7, 11) is 0. The highest BCUT2D eigenvalue weighted by Gasteiger charge is 2.15. The summed E-state index contributed by atoms with van der Waals surface area (Å²) in [6, 6.07) is 8.79. The Bertz CT molecular complexity index is 362. The third kappa shape index (κ3) is 3.98. The van der Waals surface area contributed by atoms with Crippen LogP contribution in [0.15, 0.2) is 30.3 Å². The number of rotatable bonds is 4. The van der Waals surface area contributed by atoms with Crippen LogP contribution in [0.3, 0.4) is 0 Å². The normalized spacial score (nSPS) is 11.6. The summed E-state index contributed by atoms with van der Waals surface area (Å²) in [6.07, 6.45) is -0.0442. The molecule has 0 heterocycles. The number of ether oxygens (including phenoxy) is 2. The van der Waals surface area contributed by atoms with Gasteiger partial charge in [-0.05, 0) is 24.4 Å². The third-order valence-electron chi connectivity index (χ3n) is 1.88. The highest BCUT2D eigenvalue weighted by atomic mass is 32.1. The van der Waals surface area contributed by atoms with Gasteiger partial charge in [0, 0.05) is 13.3 Å². The van der Waals surface area contributed by atoms with Crippen LogP contribution in [0.25, 0.3) is 0 Å². The Morgan fingerprint density at radius 3 is 2.44 bits per heavy atom. The van der Waals surface area contributed by atoms with Crippen molar-refractivity contribution in [1.29, 1.82) is 0 Å². The van der Waals surface area contributed by atoms with Gasteiger partial charge in [0.2, 0.25) is 6.29 Å². The maximum Gasteiger partial charge on any atom is 0.341 e. The molecule has 1 aromatic carbocycles. The van der Waals surface area contributed by atoms with Crippen molar-refractivity contribution < 1.29 is 14.3 Å². The Morgan fingerprint density at radius 1 is 1.31 bits per heavy atom. The third-order valence-corrected chi connectivity index (χ3v) is 1.97. The Kier molecular flexibility index (Phi) is 4.92. The Balaban J connectivity index is 2.59. The van der Waals surface area contributed by atoms with Gasteiger partial charge >= 0.3 is 5.97 Å². The number of carbonyl (C=O) groups is 1. The van der Waals surface area contributed by atoms with Crippen LogP contribution < -0.4 is 0 Å². The molecule has 86 valence electrons. The molecule has 0 saturated heterocycles. The molecule has 1 atom stereocenters. The lowest BCUT2D eigenvalue weighted by molar-refractivity contribution is -0.0554. The van der Waals surface area contributed by atoms with E-state index in [2.05, 4.69) is 0 Å². The number of thiocarbonyl (C=S) groups is 1. The van der Waals surface area contributed by atoms with E-state index in [1.165, 1.54) is 0 Å². The zero-order valence-electron chi connectivity index (χ0n) is 9.30. The van der Waals surface area contributed by atoms with Crippen LogP contribution in [0.4, 0.5) is 0 Å². The molecule has 0 bridgehead atoms. The number of esters is 1. The van der Waals surface area contributed by atoms with E-state index in [0.717, 1.165) is 0 Å². The minimum Gasteiger partial charge on any atom is -0.449 e. The second kappa shape index (κ2) is 6.23. The lowest BCUT2D eigenvalue weighted by atomic mass is 10.2. The van der Waals surface area contributed by atoms with Crippen molar-refractivity contribution in [2.24, 2.45) is 0 Å². The standard InChI is InChI=1S/C12H14O3S/c1-3-11(14-9(2)16)15-12(13)10-7-5-4-6-8-10/h4-8,11H,3H2,1-2H3. The summed E-state index contributed by atoms with van der Waals surface area (Å²) in [5.74, 6) is -0.399. The van der Waals surface area contributed by atoms with Crippen molar-refractivity contribution in [2.75, 3.05) is 0 Å². The molecule has 3 nitrogen and oxygen atoms in total. The fourth-order valence-electron chi connectivity index (χ4n) is 1.14. The molecule has 0 aliphatic heterocycles. The topological polar surface area (TPSA) is 35.5 Å². The first-order valence-electron chi connectivity index (χ1n) is 5.06. The van der Waals surface area contributed by atoms with Crippen molar-refractivity contribution in [2.45, 2.75) is 26.6 Å². The predicted molar refractivity (Wildman–Crippen MR) is 65.3 cm³/mol. The smallest absolute Gasteiger partial charge is 0.341 e. The van der Waals surface area contributed by atoms with Gasteiger partial charge in [-0.2, -0.15) is 0 Å². The summed E-state index contributed by atoms with van der Waals surface area (Å²) in [6.45, 7) is 3.51. The van der Waals surface area contributed by atoms with Crippen molar-refractivity contribution in [3.05, 3.63) is 35.9 Å². The molecule has 4 heteroatoms. The van der Waals surface area contributed by atoms with Gasteiger partial charge in [-0.25, -0.2) is 4.79 Å². The van der Waals surface area contributed by atoms with E-state index in [0.29, 0.717) is 17.0 Å². The van der Waals surface area contributed by atoms with Gasteiger partial charge in [-0.15, -0.1) is 0 Å². The Hall–Kier alpha value is -1.42. The van der Waals surface area contributed by atoms with Crippen molar-refractivity contribution in [3.8, 4) is 0 Å². The molecule has 0 aromatic heterocycles. The summed E-state index contributed by atoms with van der Waals surface area (Å²) in [5, 5.41) is 0.368. The number of hydrogen-bond donors (Lipinski definition) is 0. The lowest BCUT2D eigenvalue weighted by Gasteiger charge is -2.16.